The van der Waals surface area contributed by atoms with Crippen molar-refractivity contribution in [1.29, 1.82) is 0 Å². The van der Waals surface area contributed by atoms with Crippen LogP contribution in [-0.2, 0) is 0 Å². The van der Waals surface area contributed by atoms with Crippen LogP contribution < -0.4 is 10.6 Å². The van der Waals surface area contributed by atoms with E-state index in [-0.39, 0.29) is 0 Å². The first-order chi connectivity index (χ1) is 8.20. The van der Waals surface area contributed by atoms with E-state index in [1.54, 1.807) is 6.33 Å². The molecule has 88 valence electrons. The van der Waals surface area contributed by atoms with E-state index in [0.29, 0.717) is 0 Å². The molecule has 0 aliphatic rings. The van der Waals surface area contributed by atoms with E-state index in [2.05, 4.69) is 40.5 Å². The van der Waals surface area contributed by atoms with Gasteiger partial charge >= 0.3 is 0 Å². The molecular formula is C13H16N4. The minimum Gasteiger partial charge on any atom is -0.373 e. The van der Waals surface area contributed by atoms with Gasteiger partial charge in [0.1, 0.15) is 18.0 Å². The number of nitrogens with zero attached hydrogens (tertiary/aromatic N) is 2. The summed E-state index contributed by atoms with van der Waals surface area (Å²) in [4.78, 5) is 8.27. The number of rotatable bonds is 3. The van der Waals surface area contributed by atoms with Gasteiger partial charge in [-0.1, -0.05) is 12.1 Å². The van der Waals surface area contributed by atoms with Crippen LogP contribution in [0.5, 0.6) is 0 Å². The molecule has 0 fully saturated rings. The van der Waals surface area contributed by atoms with Gasteiger partial charge in [0.2, 0.25) is 0 Å². The van der Waals surface area contributed by atoms with Crippen molar-refractivity contribution in [3.63, 3.8) is 0 Å². The standard InChI is InChI=1S/C13H16N4/c1-9-5-4-6-11(10(9)2)17-13-7-12(14-3)15-8-16-13/h4-8H,1-3H3,(H2,14,15,16,17). The molecule has 1 aromatic heterocycles. The lowest BCUT2D eigenvalue weighted by atomic mass is 10.1. The fraction of sp³-hybridized carbons (Fsp3) is 0.231. The Balaban J connectivity index is 2.28. The Morgan fingerprint density at radius 2 is 1.82 bits per heavy atom. The maximum absolute atomic E-state index is 4.19. The van der Waals surface area contributed by atoms with Crippen LogP contribution in [-0.4, -0.2) is 17.0 Å². The fourth-order valence-electron chi connectivity index (χ4n) is 1.59. The first-order valence-corrected chi connectivity index (χ1v) is 5.53. The molecule has 0 radical (unpaired) electrons. The minimum atomic E-state index is 0.790. The van der Waals surface area contributed by atoms with Crippen molar-refractivity contribution in [2.45, 2.75) is 13.8 Å². The second-order valence-corrected chi connectivity index (χ2v) is 3.91. The molecule has 0 unspecified atom stereocenters. The Hall–Kier alpha value is -2.10. The van der Waals surface area contributed by atoms with Gasteiger partial charge in [-0.15, -0.1) is 0 Å². The number of aryl methyl sites for hydroxylation is 1. The molecule has 0 bridgehead atoms. The molecule has 0 saturated heterocycles. The SMILES string of the molecule is CNc1cc(Nc2cccc(C)c2C)ncn1. The summed E-state index contributed by atoms with van der Waals surface area (Å²) in [6.45, 7) is 4.19. The summed E-state index contributed by atoms with van der Waals surface area (Å²) in [5.41, 5.74) is 3.57. The number of nitrogens with one attached hydrogen (secondary N) is 2. The Kier molecular flexibility index (Phi) is 3.23. The molecule has 17 heavy (non-hydrogen) atoms. The van der Waals surface area contributed by atoms with Gasteiger partial charge < -0.3 is 10.6 Å². The summed E-state index contributed by atoms with van der Waals surface area (Å²) in [7, 11) is 1.84. The molecule has 2 aromatic rings. The Bertz CT molecular complexity index is 523. The third kappa shape index (κ3) is 2.53. The molecular weight excluding hydrogens is 212 g/mol. The zero-order chi connectivity index (χ0) is 12.3. The van der Waals surface area contributed by atoms with E-state index in [0.717, 1.165) is 17.3 Å². The molecule has 0 spiro atoms. The van der Waals surface area contributed by atoms with Crippen LogP contribution in [0.1, 0.15) is 11.1 Å². The van der Waals surface area contributed by atoms with Gasteiger partial charge in [-0.25, -0.2) is 9.97 Å². The van der Waals surface area contributed by atoms with Crippen LogP contribution in [0.4, 0.5) is 17.3 Å². The van der Waals surface area contributed by atoms with Gasteiger partial charge in [0.05, 0.1) is 0 Å². The van der Waals surface area contributed by atoms with Crippen LogP contribution in [0.3, 0.4) is 0 Å². The predicted octanol–water partition coefficient (Wildman–Crippen LogP) is 2.88. The molecule has 4 heteroatoms. The highest BCUT2D eigenvalue weighted by molar-refractivity contribution is 5.63. The van der Waals surface area contributed by atoms with Gasteiger partial charge in [0.25, 0.3) is 0 Å². The Labute approximate surface area is 101 Å². The van der Waals surface area contributed by atoms with E-state index < -0.39 is 0 Å². The van der Waals surface area contributed by atoms with Crippen molar-refractivity contribution in [3.8, 4) is 0 Å². The molecule has 1 aromatic carbocycles. The Morgan fingerprint density at radius 1 is 1.06 bits per heavy atom. The summed E-state index contributed by atoms with van der Waals surface area (Å²) in [6, 6.07) is 8.05. The summed E-state index contributed by atoms with van der Waals surface area (Å²) in [5.74, 6) is 1.59. The predicted molar refractivity (Wildman–Crippen MR) is 70.8 cm³/mol. The zero-order valence-corrected chi connectivity index (χ0v) is 10.3. The van der Waals surface area contributed by atoms with Crippen LogP contribution >= 0.6 is 0 Å². The van der Waals surface area contributed by atoms with E-state index >= 15 is 0 Å². The third-order valence-corrected chi connectivity index (χ3v) is 2.79. The highest BCUT2D eigenvalue weighted by Gasteiger charge is 2.02. The smallest absolute Gasteiger partial charge is 0.135 e. The number of hydrogen-bond acceptors (Lipinski definition) is 4. The maximum Gasteiger partial charge on any atom is 0.135 e. The molecule has 0 amide bonds. The average Bonchev–Trinajstić information content (AvgIpc) is 2.35. The summed E-state index contributed by atoms with van der Waals surface area (Å²) in [6.07, 6.45) is 1.54. The van der Waals surface area contributed by atoms with E-state index in [1.807, 2.05) is 25.2 Å². The van der Waals surface area contributed by atoms with Crippen molar-refractivity contribution in [1.82, 2.24) is 9.97 Å². The summed E-state index contributed by atoms with van der Waals surface area (Å²) in [5, 5.41) is 6.28. The first kappa shape index (κ1) is 11.4. The lowest BCUT2D eigenvalue weighted by molar-refractivity contribution is 1.16. The van der Waals surface area contributed by atoms with Crippen molar-refractivity contribution >= 4 is 17.3 Å². The summed E-state index contributed by atoms with van der Waals surface area (Å²) < 4.78 is 0. The van der Waals surface area contributed by atoms with Gasteiger partial charge in [-0.2, -0.15) is 0 Å². The minimum absolute atomic E-state index is 0.790. The molecule has 0 aliphatic carbocycles. The van der Waals surface area contributed by atoms with Crippen LogP contribution in [0.2, 0.25) is 0 Å². The fourth-order valence-corrected chi connectivity index (χ4v) is 1.59. The largest absolute Gasteiger partial charge is 0.373 e. The summed E-state index contributed by atoms with van der Waals surface area (Å²) >= 11 is 0. The van der Waals surface area contributed by atoms with Crippen LogP contribution in [0.15, 0.2) is 30.6 Å². The van der Waals surface area contributed by atoms with Crippen molar-refractivity contribution in [3.05, 3.63) is 41.7 Å². The van der Waals surface area contributed by atoms with Crippen LogP contribution in [0, 0.1) is 13.8 Å². The second kappa shape index (κ2) is 4.82. The molecule has 0 saturated carbocycles. The zero-order valence-electron chi connectivity index (χ0n) is 10.3. The van der Waals surface area contributed by atoms with E-state index in [9.17, 15) is 0 Å². The first-order valence-electron chi connectivity index (χ1n) is 5.53. The molecule has 4 nitrogen and oxygen atoms in total. The second-order valence-electron chi connectivity index (χ2n) is 3.91. The van der Waals surface area contributed by atoms with Gasteiger partial charge in [0, 0.05) is 18.8 Å². The monoisotopic (exact) mass is 228 g/mol. The highest BCUT2D eigenvalue weighted by Crippen LogP contribution is 2.22. The molecule has 0 atom stereocenters. The lowest BCUT2D eigenvalue weighted by Gasteiger charge is -2.11. The quantitative estimate of drug-likeness (QED) is 0.848. The van der Waals surface area contributed by atoms with Crippen molar-refractivity contribution in [2.24, 2.45) is 0 Å². The van der Waals surface area contributed by atoms with Crippen molar-refractivity contribution in [2.75, 3.05) is 17.7 Å². The number of aromatic nitrogens is 2. The van der Waals surface area contributed by atoms with Gasteiger partial charge in [0.15, 0.2) is 0 Å². The number of benzene rings is 1. The molecule has 2 rings (SSSR count). The normalized spacial score (nSPS) is 10.1. The molecule has 1 heterocycles. The number of hydrogen-bond donors (Lipinski definition) is 2. The lowest BCUT2D eigenvalue weighted by Crippen LogP contribution is -1.99. The highest BCUT2D eigenvalue weighted by atomic mass is 15.1. The maximum atomic E-state index is 4.19. The van der Waals surface area contributed by atoms with Crippen LogP contribution in [0.25, 0.3) is 0 Å². The number of anilines is 3. The van der Waals surface area contributed by atoms with Gasteiger partial charge in [-0.05, 0) is 31.0 Å². The van der Waals surface area contributed by atoms with E-state index in [4.69, 9.17) is 0 Å². The third-order valence-electron chi connectivity index (χ3n) is 2.79. The topological polar surface area (TPSA) is 49.8 Å². The van der Waals surface area contributed by atoms with E-state index in [1.165, 1.54) is 11.1 Å². The van der Waals surface area contributed by atoms with Gasteiger partial charge in [-0.3, -0.25) is 0 Å². The molecule has 2 N–H and O–H groups in total. The Morgan fingerprint density at radius 3 is 2.59 bits per heavy atom. The molecule has 0 aliphatic heterocycles. The average molecular weight is 228 g/mol. The van der Waals surface area contributed by atoms with Crippen molar-refractivity contribution < 1.29 is 0 Å².